The number of hydrogen-bond donors (Lipinski definition) is 4. The van der Waals surface area contributed by atoms with E-state index < -0.39 is 17.8 Å². The van der Waals surface area contributed by atoms with Gasteiger partial charge in [-0.15, -0.1) is 0 Å². The van der Waals surface area contributed by atoms with Gasteiger partial charge in [-0.25, -0.2) is 13.5 Å². The van der Waals surface area contributed by atoms with Crippen molar-refractivity contribution in [2.75, 3.05) is 51.4 Å². The molecule has 0 saturated carbocycles. The molecule has 3 aromatic rings. The molecule has 0 atom stereocenters. The summed E-state index contributed by atoms with van der Waals surface area (Å²) in [6, 6.07) is 16.2. The molecule has 4 rings (SSSR count). The molecule has 1 aliphatic heterocycles. The summed E-state index contributed by atoms with van der Waals surface area (Å²) < 4.78 is 14.9. The van der Waals surface area contributed by atoms with Gasteiger partial charge in [-0.1, -0.05) is 36.5 Å². The lowest BCUT2D eigenvalue weighted by atomic mass is 10.2. The first kappa shape index (κ1) is 27.8. The summed E-state index contributed by atoms with van der Waals surface area (Å²) in [4.78, 5) is 39.5. The van der Waals surface area contributed by atoms with Gasteiger partial charge in [0.15, 0.2) is 0 Å². The van der Waals surface area contributed by atoms with Crippen LogP contribution in [-0.4, -0.2) is 53.9 Å². The van der Waals surface area contributed by atoms with Crippen molar-refractivity contribution in [3.63, 3.8) is 0 Å². The predicted octanol–water partition coefficient (Wildman–Crippen LogP) is 5.60. The molecular weight excluding hydrogens is 549 g/mol. The number of thioether (sulfide) groups is 1. The van der Waals surface area contributed by atoms with Crippen LogP contribution in [0.25, 0.3) is 0 Å². The molecule has 12 heteroatoms. The van der Waals surface area contributed by atoms with Gasteiger partial charge < -0.3 is 16.0 Å². The zero-order chi connectivity index (χ0) is 27.1. The largest absolute Gasteiger partial charge is 0.336 e. The number of anilines is 4. The van der Waals surface area contributed by atoms with Gasteiger partial charge in [0.25, 0.3) is 5.91 Å². The van der Waals surface area contributed by atoms with Crippen LogP contribution in [0.5, 0.6) is 0 Å². The first-order valence-electron chi connectivity index (χ1n) is 11.7. The number of urea groups is 1. The van der Waals surface area contributed by atoms with E-state index in [0.29, 0.717) is 29.3 Å². The lowest BCUT2D eigenvalue weighted by molar-refractivity contribution is -0.117. The molecule has 3 aromatic carbocycles. The van der Waals surface area contributed by atoms with Crippen molar-refractivity contribution in [3.05, 3.63) is 83.1 Å². The van der Waals surface area contributed by atoms with E-state index in [1.807, 2.05) is 11.8 Å². The molecule has 0 bridgehead atoms. The lowest BCUT2D eigenvalue weighted by Gasteiger charge is -2.25. The first-order chi connectivity index (χ1) is 18.3. The molecule has 0 unspecified atom stereocenters. The zero-order valence-corrected chi connectivity index (χ0v) is 22.6. The summed E-state index contributed by atoms with van der Waals surface area (Å²) in [5.41, 5.74) is 1.65. The number of hydrogen-bond acceptors (Lipinski definition) is 6. The van der Waals surface area contributed by atoms with Crippen LogP contribution >= 0.6 is 36.2 Å². The SMILES string of the molecule is O=C(CN1CCSCC1)Nc1ccc(NC(=O)N(S)c2ccc(NC(=O)c3ccccc3F)cc2)cc1Cl. The highest BCUT2D eigenvalue weighted by Crippen LogP contribution is 2.27. The van der Waals surface area contributed by atoms with Crippen molar-refractivity contribution in [3.8, 4) is 0 Å². The molecule has 0 aliphatic carbocycles. The van der Waals surface area contributed by atoms with Crippen molar-refractivity contribution in [1.29, 1.82) is 0 Å². The number of rotatable bonds is 7. The predicted molar refractivity (Wildman–Crippen MR) is 155 cm³/mol. The second kappa shape index (κ2) is 13.0. The molecule has 4 amide bonds. The molecule has 1 heterocycles. The summed E-state index contributed by atoms with van der Waals surface area (Å²) in [6.07, 6.45) is 0. The number of nitrogens with one attached hydrogen (secondary N) is 3. The third-order valence-corrected chi connectivity index (χ3v) is 7.31. The van der Waals surface area contributed by atoms with Gasteiger partial charge in [-0.3, -0.25) is 14.5 Å². The number of amides is 4. The van der Waals surface area contributed by atoms with E-state index in [1.165, 1.54) is 24.3 Å². The average Bonchev–Trinajstić information content (AvgIpc) is 2.91. The Morgan fingerprint density at radius 1 is 0.947 bits per heavy atom. The number of halogens is 2. The van der Waals surface area contributed by atoms with Crippen molar-refractivity contribution < 1.29 is 18.8 Å². The van der Waals surface area contributed by atoms with E-state index in [-0.39, 0.29) is 16.5 Å². The van der Waals surface area contributed by atoms with Crippen molar-refractivity contribution in [2.24, 2.45) is 0 Å². The second-order valence-corrected chi connectivity index (χ2v) is 10.4. The van der Waals surface area contributed by atoms with Gasteiger partial charge in [-0.2, -0.15) is 11.8 Å². The summed E-state index contributed by atoms with van der Waals surface area (Å²) in [5.74, 6) is 0.679. The minimum atomic E-state index is -0.618. The Kier molecular flexibility index (Phi) is 9.51. The van der Waals surface area contributed by atoms with E-state index in [9.17, 15) is 18.8 Å². The Bertz CT molecular complexity index is 1320. The van der Waals surface area contributed by atoms with Crippen LogP contribution in [0, 0.1) is 5.82 Å². The fraction of sp³-hybridized carbons (Fsp3) is 0.192. The third kappa shape index (κ3) is 7.41. The molecule has 0 radical (unpaired) electrons. The maximum atomic E-state index is 13.8. The minimum absolute atomic E-state index is 0.0720. The molecule has 38 heavy (non-hydrogen) atoms. The first-order valence-corrected chi connectivity index (χ1v) is 13.6. The average molecular weight is 574 g/mol. The van der Waals surface area contributed by atoms with Crippen molar-refractivity contribution in [2.45, 2.75) is 0 Å². The summed E-state index contributed by atoms with van der Waals surface area (Å²) >= 11 is 12.5. The van der Waals surface area contributed by atoms with Crippen LogP contribution in [-0.2, 0) is 4.79 Å². The van der Waals surface area contributed by atoms with Gasteiger partial charge >= 0.3 is 6.03 Å². The molecule has 8 nitrogen and oxygen atoms in total. The fourth-order valence-corrected chi connectivity index (χ4v) is 5.06. The Hall–Kier alpha value is -3.25. The minimum Gasteiger partial charge on any atom is -0.324 e. The summed E-state index contributed by atoms with van der Waals surface area (Å²) in [7, 11) is 0. The van der Waals surface area contributed by atoms with Crippen LogP contribution in [0.15, 0.2) is 66.7 Å². The molecule has 0 aromatic heterocycles. The Balaban J connectivity index is 1.31. The quantitative estimate of drug-likeness (QED) is 0.276. The van der Waals surface area contributed by atoms with Crippen LogP contribution in [0.4, 0.5) is 31.9 Å². The normalized spacial score (nSPS) is 13.4. The van der Waals surface area contributed by atoms with Gasteiger partial charge in [0.1, 0.15) is 5.82 Å². The van der Waals surface area contributed by atoms with Crippen molar-refractivity contribution in [1.82, 2.24) is 4.90 Å². The highest BCUT2D eigenvalue weighted by atomic mass is 35.5. The fourth-order valence-electron chi connectivity index (χ4n) is 3.67. The van der Waals surface area contributed by atoms with Crippen molar-refractivity contribution >= 4 is 76.8 Å². The van der Waals surface area contributed by atoms with E-state index in [2.05, 4.69) is 33.7 Å². The van der Waals surface area contributed by atoms with E-state index >= 15 is 0 Å². The molecular formula is C26H25ClFN5O3S2. The van der Waals surface area contributed by atoms with E-state index in [1.54, 1.807) is 42.5 Å². The van der Waals surface area contributed by atoms with Gasteiger partial charge in [0.2, 0.25) is 5.91 Å². The number of carbonyl (C=O) groups excluding carboxylic acids is 3. The molecule has 198 valence electrons. The molecule has 1 saturated heterocycles. The third-order valence-electron chi connectivity index (χ3n) is 5.65. The summed E-state index contributed by atoms with van der Waals surface area (Å²) in [5, 5.41) is 8.40. The van der Waals surface area contributed by atoms with Crippen LogP contribution in [0.3, 0.4) is 0 Å². The van der Waals surface area contributed by atoms with Gasteiger partial charge in [-0.05, 0) is 54.6 Å². The Morgan fingerprint density at radius 3 is 2.32 bits per heavy atom. The van der Waals surface area contributed by atoms with Gasteiger partial charge in [0, 0.05) is 36.0 Å². The number of carbonyl (C=O) groups is 3. The molecule has 3 N–H and O–H groups in total. The molecule has 1 aliphatic rings. The van der Waals surface area contributed by atoms with E-state index in [0.717, 1.165) is 28.9 Å². The standard InChI is InChI=1S/C26H25ClFN5O3S2/c27-21-15-18(7-10-23(21)31-24(34)16-32-11-13-38-14-12-32)30-26(36)33(37)19-8-5-17(6-9-19)29-25(35)20-3-1-2-4-22(20)28/h1-10,15,37H,11-14,16H2,(H,29,35)(H,30,36)(H,31,34). The summed E-state index contributed by atoms with van der Waals surface area (Å²) in [6.45, 7) is 2.06. The Labute approximate surface area is 234 Å². The topological polar surface area (TPSA) is 93.8 Å². The van der Waals surface area contributed by atoms with E-state index in [4.69, 9.17) is 11.6 Å². The lowest BCUT2D eigenvalue weighted by Crippen LogP contribution is -2.38. The van der Waals surface area contributed by atoms with Crippen LogP contribution in [0.2, 0.25) is 5.02 Å². The second-order valence-electron chi connectivity index (χ2n) is 8.35. The monoisotopic (exact) mass is 573 g/mol. The number of benzene rings is 3. The maximum Gasteiger partial charge on any atom is 0.336 e. The number of nitrogens with zero attached hydrogens (tertiary/aromatic N) is 2. The highest BCUT2D eigenvalue weighted by Gasteiger charge is 2.17. The highest BCUT2D eigenvalue weighted by molar-refractivity contribution is 7.99. The molecule has 1 fully saturated rings. The smallest absolute Gasteiger partial charge is 0.324 e. The van der Waals surface area contributed by atoms with Crippen LogP contribution < -0.4 is 20.3 Å². The Morgan fingerprint density at radius 2 is 1.63 bits per heavy atom. The molecule has 0 spiro atoms. The van der Waals surface area contributed by atoms with Crippen LogP contribution in [0.1, 0.15) is 10.4 Å². The zero-order valence-electron chi connectivity index (χ0n) is 20.1. The number of thiol groups is 1. The van der Waals surface area contributed by atoms with Gasteiger partial charge in [0.05, 0.1) is 28.5 Å². The maximum absolute atomic E-state index is 13.8.